The molecule has 18 heavy (non-hydrogen) atoms. The van der Waals surface area contributed by atoms with Crippen molar-refractivity contribution in [2.75, 3.05) is 0 Å². The topological polar surface area (TPSA) is 48.9 Å². The Balaban J connectivity index is 0.000000810. The van der Waals surface area contributed by atoms with Crippen LogP contribution in [0.25, 0.3) is 0 Å². The number of nitrogens with zero attached hydrogens (tertiary/aromatic N) is 1. The molecular formula is C13H16Cl2N2O. The number of aromatic nitrogens is 2. The van der Waals surface area contributed by atoms with Crippen molar-refractivity contribution >= 4 is 24.8 Å². The summed E-state index contributed by atoms with van der Waals surface area (Å²) in [4.78, 5) is 7.17. The van der Waals surface area contributed by atoms with E-state index in [2.05, 4.69) is 9.97 Å². The van der Waals surface area contributed by atoms with Crippen LogP contribution in [-0.4, -0.2) is 15.1 Å². The second-order valence-electron chi connectivity index (χ2n) is 4.40. The van der Waals surface area contributed by atoms with Crippen LogP contribution < -0.4 is 0 Å². The highest BCUT2D eigenvalue weighted by molar-refractivity contribution is 5.85. The van der Waals surface area contributed by atoms with E-state index in [9.17, 15) is 5.11 Å². The Hall–Kier alpha value is -1.19. The zero-order valence-corrected chi connectivity index (χ0v) is 11.4. The fourth-order valence-corrected chi connectivity index (χ4v) is 2.55. The smallest absolute Gasteiger partial charge is 0.115 e. The fourth-order valence-electron chi connectivity index (χ4n) is 2.55. The lowest BCUT2D eigenvalue weighted by atomic mass is 9.96. The number of H-pyrrole nitrogens is 1. The standard InChI is InChI=1S/C13H14N2O.2ClH/c16-12-4-3-9-1-2-10(13(9)6-12)5-11-7-14-8-15-11;;/h3-4,6-8,10,16H,1-2,5H2,(H,14,15);2*1H. The summed E-state index contributed by atoms with van der Waals surface area (Å²) < 4.78 is 0. The SMILES string of the molecule is Cl.Cl.Oc1ccc2c(c1)C(Cc1cnc[nH]1)CC2. The number of imidazole rings is 1. The van der Waals surface area contributed by atoms with Crippen LogP contribution in [-0.2, 0) is 12.8 Å². The predicted octanol–water partition coefficient (Wildman–Crippen LogP) is 3.23. The average Bonchev–Trinajstić information content (AvgIpc) is 2.90. The molecular weight excluding hydrogens is 271 g/mol. The van der Waals surface area contributed by atoms with Gasteiger partial charge in [-0.1, -0.05) is 6.07 Å². The molecule has 1 aliphatic rings. The minimum atomic E-state index is 0. The van der Waals surface area contributed by atoms with Gasteiger partial charge in [-0.05, 0) is 48.4 Å². The minimum absolute atomic E-state index is 0. The van der Waals surface area contributed by atoms with Crippen LogP contribution in [0.1, 0.15) is 29.2 Å². The van der Waals surface area contributed by atoms with Gasteiger partial charge in [-0.3, -0.25) is 0 Å². The zero-order valence-electron chi connectivity index (χ0n) is 9.80. The highest BCUT2D eigenvalue weighted by Crippen LogP contribution is 2.36. The Morgan fingerprint density at radius 2 is 2.17 bits per heavy atom. The number of fused-ring (bicyclic) bond motifs is 1. The summed E-state index contributed by atoms with van der Waals surface area (Å²) in [5.74, 6) is 0.887. The van der Waals surface area contributed by atoms with Gasteiger partial charge in [0.1, 0.15) is 5.75 Å². The number of benzene rings is 1. The minimum Gasteiger partial charge on any atom is -0.508 e. The molecule has 0 radical (unpaired) electrons. The Kier molecular flexibility index (Phi) is 5.05. The van der Waals surface area contributed by atoms with Crippen molar-refractivity contribution in [2.24, 2.45) is 0 Å². The van der Waals surface area contributed by atoms with E-state index >= 15 is 0 Å². The number of aromatic amines is 1. The highest BCUT2D eigenvalue weighted by Gasteiger charge is 2.23. The number of hydrogen-bond acceptors (Lipinski definition) is 2. The maximum Gasteiger partial charge on any atom is 0.115 e. The maximum atomic E-state index is 9.52. The molecule has 5 heteroatoms. The van der Waals surface area contributed by atoms with E-state index in [1.165, 1.54) is 16.8 Å². The van der Waals surface area contributed by atoms with Gasteiger partial charge in [-0.25, -0.2) is 4.98 Å². The van der Waals surface area contributed by atoms with E-state index in [1.54, 1.807) is 12.4 Å². The summed E-state index contributed by atoms with van der Waals surface area (Å²) >= 11 is 0. The molecule has 0 bridgehead atoms. The van der Waals surface area contributed by atoms with Crippen LogP contribution in [0.3, 0.4) is 0 Å². The molecule has 2 aromatic rings. The monoisotopic (exact) mass is 286 g/mol. The van der Waals surface area contributed by atoms with Crippen molar-refractivity contribution in [3.8, 4) is 5.75 Å². The van der Waals surface area contributed by atoms with Gasteiger partial charge in [0, 0.05) is 11.9 Å². The molecule has 0 spiro atoms. The van der Waals surface area contributed by atoms with Crippen molar-refractivity contribution < 1.29 is 5.11 Å². The molecule has 1 unspecified atom stereocenters. The van der Waals surface area contributed by atoms with E-state index in [0.717, 1.165) is 19.3 Å². The number of aromatic hydroxyl groups is 1. The first-order chi connectivity index (χ1) is 7.83. The third-order valence-corrected chi connectivity index (χ3v) is 3.35. The lowest BCUT2D eigenvalue weighted by molar-refractivity contribution is 0.474. The quantitative estimate of drug-likeness (QED) is 0.891. The molecule has 1 aromatic heterocycles. The summed E-state index contributed by atoms with van der Waals surface area (Å²) in [5.41, 5.74) is 3.85. The molecule has 1 heterocycles. The molecule has 1 atom stereocenters. The van der Waals surface area contributed by atoms with E-state index < -0.39 is 0 Å². The summed E-state index contributed by atoms with van der Waals surface area (Å²) in [5, 5.41) is 9.52. The van der Waals surface area contributed by atoms with Crippen LogP contribution in [0.2, 0.25) is 0 Å². The van der Waals surface area contributed by atoms with Crippen LogP contribution in [0, 0.1) is 0 Å². The molecule has 98 valence electrons. The first kappa shape index (κ1) is 14.9. The number of halogens is 2. The maximum absolute atomic E-state index is 9.52. The predicted molar refractivity (Wildman–Crippen MR) is 76.0 cm³/mol. The number of hydrogen-bond donors (Lipinski definition) is 2. The Bertz CT molecular complexity index is 500. The van der Waals surface area contributed by atoms with E-state index in [1.807, 2.05) is 18.3 Å². The second-order valence-corrected chi connectivity index (χ2v) is 4.40. The third-order valence-electron chi connectivity index (χ3n) is 3.35. The van der Waals surface area contributed by atoms with Crippen LogP contribution >= 0.6 is 24.8 Å². The fraction of sp³-hybridized carbons (Fsp3) is 0.308. The number of phenolic OH excluding ortho intramolecular Hbond substituents is 1. The van der Waals surface area contributed by atoms with Gasteiger partial charge in [0.25, 0.3) is 0 Å². The molecule has 0 saturated heterocycles. The summed E-state index contributed by atoms with van der Waals surface area (Å²) in [6.07, 6.45) is 6.86. The second kappa shape index (κ2) is 6.12. The van der Waals surface area contributed by atoms with Crippen molar-refractivity contribution in [3.63, 3.8) is 0 Å². The molecule has 0 fully saturated rings. The van der Waals surface area contributed by atoms with E-state index in [-0.39, 0.29) is 24.8 Å². The van der Waals surface area contributed by atoms with Crippen molar-refractivity contribution in [1.29, 1.82) is 0 Å². The van der Waals surface area contributed by atoms with Crippen LogP contribution in [0.4, 0.5) is 0 Å². The molecule has 2 N–H and O–H groups in total. The number of nitrogens with one attached hydrogen (secondary N) is 1. The number of phenols is 1. The molecule has 1 aromatic carbocycles. The van der Waals surface area contributed by atoms with Gasteiger partial charge in [-0.2, -0.15) is 0 Å². The zero-order chi connectivity index (χ0) is 11.0. The molecule has 1 aliphatic carbocycles. The Morgan fingerprint density at radius 1 is 1.33 bits per heavy atom. The molecule has 0 amide bonds. The normalized spacial score (nSPS) is 16.6. The Labute approximate surface area is 118 Å². The van der Waals surface area contributed by atoms with Gasteiger partial charge >= 0.3 is 0 Å². The summed E-state index contributed by atoms with van der Waals surface area (Å²) in [6.45, 7) is 0. The molecule has 0 aliphatic heterocycles. The summed E-state index contributed by atoms with van der Waals surface area (Å²) in [7, 11) is 0. The number of rotatable bonds is 2. The lowest BCUT2D eigenvalue weighted by Gasteiger charge is -2.10. The van der Waals surface area contributed by atoms with Gasteiger partial charge in [0.05, 0.1) is 6.33 Å². The molecule has 0 saturated carbocycles. The largest absolute Gasteiger partial charge is 0.508 e. The first-order valence-corrected chi connectivity index (χ1v) is 5.62. The Morgan fingerprint density at radius 3 is 2.89 bits per heavy atom. The average molecular weight is 287 g/mol. The number of aryl methyl sites for hydroxylation is 1. The van der Waals surface area contributed by atoms with Gasteiger partial charge in [-0.15, -0.1) is 24.8 Å². The van der Waals surface area contributed by atoms with E-state index in [4.69, 9.17) is 0 Å². The third kappa shape index (κ3) is 2.79. The van der Waals surface area contributed by atoms with Gasteiger partial charge < -0.3 is 10.1 Å². The van der Waals surface area contributed by atoms with Crippen molar-refractivity contribution in [1.82, 2.24) is 9.97 Å². The first-order valence-electron chi connectivity index (χ1n) is 5.62. The van der Waals surface area contributed by atoms with Crippen LogP contribution in [0.5, 0.6) is 5.75 Å². The van der Waals surface area contributed by atoms with Crippen LogP contribution in [0.15, 0.2) is 30.7 Å². The van der Waals surface area contributed by atoms with Crippen molar-refractivity contribution in [2.45, 2.75) is 25.2 Å². The molecule has 3 rings (SSSR count). The molecule has 3 nitrogen and oxygen atoms in total. The van der Waals surface area contributed by atoms with Crippen molar-refractivity contribution in [3.05, 3.63) is 47.5 Å². The highest BCUT2D eigenvalue weighted by atomic mass is 35.5. The van der Waals surface area contributed by atoms with E-state index in [0.29, 0.717) is 11.7 Å². The summed E-state index contributed by atoms with van der Waals surface area (Å²) in [6, 6.07) is 5.72. The van der Waals surface area contributed by atoms with Gasteiger partial charge in [0.2, 0.25) is 0 Å². The van der Waals surface area contributed by atoms with Gasteiger partial charge in [0.15, 0.2) is 0 Å². The lowest BCUT2D eigenvalue weighted by Crippen LogP contribution is -1.98.